The van der Waals surface area contributed by atoms with Gasteiger partial charge in [-0.1, -0.05) is 18.2 Å². The molecule has 0 aliphatic heterocycles. The highest BCUT2D eigenvalue weighted by Crippen LogP contribution is 2.16. The topological polar surface area (TPSA) is 57.8 Å². The first-order valence-corrected chi connectivity index (χ1v) is 6.04. The number of aryl methyl sites for hydroxylation is 1. The molecule has 2 N–H and O–H groups in total. The fraction of sp³-hybridized carbons (Fsp3) is 0.0667. The van der Waals surface area contributed by atoms with E-state index >= 15 is 0 Å². The predicted molar refractivity (Wildman–Crippen MR) is 75.2 cm³/mol. The van der Waals surface area contributed by atoms with Gasteiger partial charge in [-0.3, -0.25) is 4.79 Å². The number of carbonyl (C=O) groups excluding carboxylic acids is 1. The zero-order chi connectivity index (χ0) is 13.2. The van der Waals surface area contributed by atoms with Gasteiger partial charge in [0, 0.05) is 11.3 Å². The quantitative estimate of drug-likeness (QED) is 0.735. The second kappa shape index (κ2) is 4.57. The summed E-state index contributed by atoms with van der Waals surface area (Å²) in [6, 6.07) is 13.1. The molecule has 3 aromatic rings. The van der Waals surface area contributed by atoms with Crippen LogP contribution in [0, 0.1) is 6.92 Å². The number of amides is 1. The van der Waals surface area contributed by atoms with Crippen molar-refractivity contribution in [2.45, 2.75) is 6.92 Å². The molecule has 94 valence electrons. The number of H-pyrrole nitrogens is 1. The van der Waals surface area contributed by atoms with Gasteiger partial charge in [0.25, 0.3) is 5.91 Å². The Kier molecular flexibility index (Phi) is 2.76. The van der Waals surface area contributed by atoms with Gasteiger partial charge in [0.05, 0.1) is 17.4 Å². The lowest BCUT2D eigenvalue weighted by molar-refractivity contribution is 0.102. The molecule has 0 bridgehead atoms. The largest absolute Gasteiger partial charge is 0.345 e. The average molecular weight is 251 g/mol. The minimum atomic E-state index is -0.120. The number of imidazole rings is 1. The molecule has 0 fully saturated rings. The molecule has 1 aromatic heterocycles. The Balaban J connectivity index is 1.89. The van der Waals surface area contributed by atoms with E-state index in [1.54, 1.807) is 18.5 Å². The Morgan fingerprint density at radius 1 is 1.21 bits per heavy atom. The molecule has 0 saturated heterocycles. The molecule has 0 radical (unpaired) electrons. The Bertz CT molecular complexity index is 746. The Morgan fingerprint density at radius 3 is 2.89 bits per heavy atom. The lowest BCUT2D eigenvalue weighted by Gasteiger charge is -2.07. The van der Waals surface area contributed by atoms with E-state index in [4.69, 9.17) is 0 Å². The molecule has 0 saturated carbocycles. The Morgan fingerprint density at radius 2 is 2.05 bits per heavy atom. The van der Waals surface area contributed by atoms with E-state index in [2.05, 4.69) is 15.3 Å². The summed E-state index contributed by atoms with van der Waals surface area (Å²) in [5.41, 5.74) is 4.19. The highest BCUT2D eigenvalue weighted by atomic mass is 16.1. The van der Waals surface area contributed by atoms with Crippen molar-refractivity contribution in [1.82, 2.24) is 9.97 Å². The fourth-order valence-electron chi connectivity index (χ4n) is 1.98. The second-order valence-corrected chi connectivity index (χ2v) is 4.40. The van der Waals surface area contributed by atoms with E-state index in [1.165, 1.54) is 0 Å². The summed E-state index contributed by atoms with van der Waals surface area (Å²) in [5, 5.41) is 2.91. The maximum Gasteiger partial charge on any atom is 0.255 e. The minimum Gasteiger partial charge on any atom is -0.345 e. The van der Waals surface area contributed by atoms with Crippen LogP contribution >= 0.6 is 0 Å². The molecular weight excluding hydrogens is 238 g/mol. The summed E-state index contributed by atoms with van der Waals surface area (Å²) in [6.45, 7) is 1.97. The molecule has 2 aromatic carbocycles. The van der Waals surface area contributed by atoms with Crippen LogP contribution in [0.15, 0.2) is 48.8 Å². The van der Waals surface area contributed by atoms with Crippen LogP contribution in [-0.4, -0.2) is 15.9 Å². The van der Waals surface area contributed by atoms with Crippen LogP contribution in [0.2, 0.25) is 0 Å². The first-order valence-electron chi connectivity index (χ1n) is 6.04. The van der Waals surface area contributed by atoms with Gasteiger partial charge in [-0.05, 0) is 36.8 Å². The van der Waals surface area contributed by atoms with Crippen molar-refractivity contribution in [3.63, 3.8) is 0 Å². The van der Waals surface area contributed by atoms with Crippen molar-refractivity contribution >= 4 is 22.6 Å². The first kappa shape index (κ1) is 11.5. The summed E-state index contributed by atoms with van der Waals surface area (Å²) < 4.78 is 0. The van der Waals surface area contributed by atoms with Crippen LogP contribution in [0.5, 0.6) is 0 Å². The van der Waals surface area contributed by atoms with E-state index in [9.17, 15) is 4.79 Å². The third-order valence-electron chi connectivity index (χ3n) is 3.08. The number of anilines is 1. The monoisotopic (exact) mass is 251 g/mol. The van der Waals surface area contributed by atoms with Gasteiger partial charge in [-0.25, -0.2) is 4.98 Å². The molecule has 19 heavy (non-hydrogen) atoms. The number of aromatic nitrogens is 2. The second-order valence-electron chi connectivity index (χ2n) is 4.40. The van der Waals surface area contributed by atoms with Gasteiger partial charge in [-0.15, -0.1) is 0 Å². The molecule has 4 heteroatoms. The fourth-order valence-corrected chi connectivity index (χ4v) is 1.98. The van der Waals surface area contributed by atoms with E-state index in [0.29, 0.717) is 5.56 Å². The van der Waals surface area contributed by atoms with Crippen LogP contribution < -0.4 is 5.32 Å². The normalized spacial score (nSPS) is 10.6. The van der Waals surface area contributed by atoms with Gasteiger partial charge in [0.15, 0.2) is 0 Å². The number of hydrogen-bond acceptors (Lipinski definition) is 2. The lowest BCUT2D eigenvalue weighted by atomic mass is 10.1. The van der Waals surface area contributed by atoms with E-state index in [1.807, 2.05) is 37.3 Å². The van der Waals surface area contributed by atoms with Gasteiger partial charge < -0.3 is 10.3 Å². The highest BCUT2D eigenvalue weighted by molar-refractivity contribution is 6.06. The summed E-state index contributed by atoms with van der Waals surface area (Å²) in [7, 11) is 0. The number of carbonyl (C=O) groups is 1. The minimum absolute atomic E-state index is 0.120. The number of nitrogens with zero attached hydrogens (tertiary/aromatic N) is 1. The van der Waals surface area contributed by atoms with E-state index in [-0.39, 0.29) is 5.91 Å². The van der Waals surface area contributed by atoms with Gasteiger partial charge >= 0.3 is 0 Å². The summed E-state index contributed by atoms with van der Waals surface area (Å²) >= 11 is 0. The lowest BCUT2D eigenvalue weighted by Crippen LogP contribution is -2.12. The summed E-state index contributed by atoms with van der Waals surface area (Å²) in [6.07, 6.45) is 1.62. The molecule has 0 aliphatic rings. The van der Waals surface area contributed by atoms with Crippen molar-refractivity contribution in [2.24, 2.45) is 0 Å². The van der Waals surface area contributed by atoms with Crippen molar-refractivity contribution in [3.05, 3.63) is 59.9 Å². The van der Waals surface area contributed by atoms with E-state index < -0.39 is 0 Å². The molecule has 4 nitrogen and oxygen atoms in total. The van der Waals surface area contributed by atoms with E-state index in [0.717, 1.165) is 22.3 Å². The van der Waals surface area contributed by atoms with Gasteiger partial charge in [0.1, 0.15) is 0 Å². The number of nitrogens with one attached hydrogen (secondary N) is 2. The zero-order valence-electron chi connectivity index (χ0n) is 10.5. The molecule has 0 unspecified atom stereocenters. The van der Waals surface area contributed by atoms with Crippen molar-refractivity contribution < 1.29 is 4.79 Å². The zero-order valence-corrected chi connectivity index (χ0v) is 10.5. The summed E-state index contributed by atoms with van der Waals surface area (Å²) in [4.78, 5) is 19.3. The highest BCUT2D eigenvalue weighted by Gasteiger charge is 2.08. The van der Waals surface area contributed by atoms with Crippen LogP contribution in [0.4, 0.5) is 5.69 Å². The smallest absolute Gasteiger partial charge is 0.255 e. The summed E-state index contributed by atoms with van der Waals surface area (Å²) in [5.74, 6) is -0.120. The molecule has 0 spiro atoms. The van der Waals surface area contributed by atoms with Crippen LogP contribution in [0.3, 0.4) is 0 Å². The van der Waals surface area contributed by atoms with Crippen LogP contribution in [0.1, 0.15) is 15.9 Å². The number of aromatic amines is 1. The first-order chi connectivity index (χ1) is 9.24. The van der Waals surface area contributed by atoms with Gasteiger partial charge in [0.2, 0.25) is 0 Å². The Hall–Kier alpha value is -2.62. The van der Waals surface area contributed by atoms with Crippen molar-refractivity contribution in [1.29, 1.82) is 0 Å². The van der Waals surface area contributed by atoms with Crippen molar-refractivity contribution in [2.75, 3.05) is 5.32 Å². The SMILES string of the molecule is Cc1ccccc1NC(=O)c1ccc2nc[nH]c2c1. The number of hydrogen-bond donors (Lipinski definition) is 2. The standard InChI is InChI=1S/C15H13N3O/c1-10-4-2-3-5-12(10)18-15(19)11-6-7-13-14(8-11)17-9-16-13/h2-9H,1H3,(H,16,17)(H,18,19). The van der Waals surface area contributed by atoms with Gasteiger partial charge in [-0.2, -0.15) is 0 Å². The number of fused-ring (bicyclic) bond motifs is 1. The molecule has 3 rings (SSSR count). The van der Waals surface area contributed by atoms with Crippen molar-refractivity contribution in [3.8, 4) is 0 Å². The molecular formula is C15H13N3O. The molecule has 0 atom stereocenters. The molecule has 0 aliphatic carbocycles. The third kappa shape index (κ3) is 2.20. The number of para-hydroxylation sites is 1. The maximum absolute atomic E-state index is 12.2. The third-order valence-corrected chi connectivity index (χ3v) is 3.08. The predicted octanol–water partition coefficient (Wildman–Crippen LogP) is 3.12. The average Bonchev–Trinajstić information content (AvgIpc) is 2.88. The Labute approximate surface area is 110 Å². The van der Waals surface area contributed by atoms with Crippen LogP contribution in [0.25, 0.3) is 11.0 Å². The number of benzene rings is 2. The maximum atomic E-state index is 12.2. The molecule has 1 amide bonds. The van der Waals surface area contributed by atoms with Crippen LogP contribution in [-0.2, 0) is 0 Å². The molecule has 1 heterocycles. The number of rotatable bonds is 2.